The Kier molecular flexibility index (Phi) is 3.52. The van der Waals surface area contributed by atoms with E-state index >= 15 is 0 Å². The van der Waals surface area contributed by atoms with Crippen LogP contribution in [0, 0.1) is 5.82 Å². The van der Waals surface area contributed by atoms with Gasteiger partial charge in [-0.3, -0.25) is 4.79 Å². The van der Waals surface area contributed by atoms with Crippen molar-refractivity contribution in [2.75, 3.05) is 12.3 Å². The van der Waals surface area contributed by atoms with E-state index in [9.17, 15) is 9.18 Å². The number of imidazole rings is 1. The van der Waals surface area contributed by atoms with Gasteiger partial charge in [0.1, 0.15) is 0 Å². The Morgan fingerprint density at radius 2 is 2.33 bits per heavy atom. The summed E-state index contributed by atoms with van der Waals surface area (Å²) < 4.78 is 15.3. The van der Waals surface area contributed by atoms with Gasteiger partial charge in [0.15, 0.2) is 11.6 Å². The molecule has 0 aromatic carbocycles. The van der Waals surface area contributed by atoms with Gasteiger partial charge in [-0.2, -0.15) is 0 Å². The number of rotatable bonds is 4. The molecule has 0 spiro atoms. The number of amides is 1. The average molecular weight is 249 g/mol. The molecule has 2 aromatic heterocycles. The summed E-state index contributed by atoms with van der Waals surface area (Å²) in [4.78, 5) is 19.1. The highest BCUT2D eigenvalue weighted by molar-refractivity contribution is 5.95. The molecule has 0 atom stereocenters. The zero-order valence-electron chi connectivity index (χ0n) is 9.51. The standard InChI is InChI=1S/C11H12FN5O/c12-9-8(1-2-15-10(9)13)11(18)16-4-6-17-5-3-14-7-17/h1-3,5,7H,4,6H2,(H2,13,15)(H,16,18). The van der Waals surface area contributed by atoms with E-state index in [-0.39, 0.29) is 11.4 Å². The zero-order valence-corrected chi connectivity index (χ0v) is 9.51. The number of nitrogens with zero attached hydrogens (tertiary/aromatic N) is 3. The molecule has 0 aliphatic heterocycles. The van der Waals surface area contributed by atoms with E-state index in [1.165, 1.54) is 12.3 Å². The Morgan fingerprint density at radius 3 is 3.06 bits per heavy atom. The number of carbonyl (C=O) groups is 1. The SMILES string of the molecule is Nc1nccc(C(=O)NCCn2ccnc2)c1F. The first-order chi connectivity index (χ1) is 8.68. The molecule has 18 heavy (non-hydrogen) atoms. The van der Waals surface area contributed by atoms with Crippen molar-refractivity contribution in [3.8, 4) is 0 Å². The lowest BCUT2D eigenvalue weighted by Gasteiger charge is -2.07. The van der Waals surface area contributed by atoms with Crippen molar-refractivity contribution in [3.63, 3.8) is 0 Å². The molecule has 6 nitrogen and oxygen atoms in total. The molecule has 1 amide bonds. The number of hydrogen-bond donors (Lipinski definition) is 2. The highest BCUT2D eigenvalue weighted by Gasteiger charge is 2.13. The number of carbonyl (C=O) groups excluding carboxylic acids is 1. The van der Waals surface area contributed by atoms with Crippen molar-refractivity contribution in [1.82, 2.24) is 19.9 Å². The van der Waals surface area contributed by atoms with Crippen LogP contribution in [-0.4, -0.2) is 27.0 Å². The number of nitrogens with one attached hydrogen (secondary N) is 1. The van der Waals surface area contributed by atoms with Crippen LogP contribution < -0.4 is 11.1 Å². The third kappa shape index (κ3) is 2.62. The summed E-state index contributed by atoms with van der Waals surface area (Å²) >= 11 is 0. The van der Waals surface area contributed by atoms with Gasteiger partial charge in [0.05, 0.1) is 11.9 Å². The van der Waals surface area contributed by atoms with Gasteiger partial charge in [0, 0.05) is 31.7 Å². The molecule has 0 saturated carbocycles. The smallest absolute Gasteiger partial charge is 0.254 e. The minimum atomic E-state index is -0.794. The molecule has 2 aromatic rings. The van der Waals surface area contributed by atoms with Crippen molar-refractivity contribution in [1.29, 1.82) is 0 Å². The summed E-state index contributed by atoms with van der Waals surface area (Å²) in [5.41, 5.74) is 5.18. The molecule has 94 valence electrons. The fourth-order valence-electron chi connectivity index (χ4n) is 1.45. The molecule has 7 heteroatoms. The maximum Gasteiger partial charge on any atom is 0.254 e. The van der Waals surface area contributed by atoms with E-state index in [0.29, 0.717) is 13.1 Å². The second kappa shape index (κ2) is 5.26. The van der Waals surface area contributed by atoms with Gasteiger partial charge in [0.25, 0.3) is 5.91 Å². The number of aromatic nitrogens is 3. The number of pyridine rings is 1. The molecule has 0 saturated heterocycles. The molecular formula is C11H12FN5O. The van der Waals surface area contributed by atoms with E-state index < -0.39 is 11.7 Å². The van der Waals surface area contributed by atoms with Gasteiger partial charge < -0.3 is 15.6 Å². The van der Waals surface area contributed by atoms with Crippen LogP contribution in [0.25, 0.3) is 0 Å². The molecule has 2 heterocycles. The summed E-state index contributed by atoms with van der Waals surface area (Å²) in [5.74, 6) is -1.59. The number of anilines is 1. The van der Waals surface area contributed by atoms with E-state index in [0.717, 1.165) is 0 Å². The summed E-state index contributed by atoms with van der Waals surface area (Å²) in [7, 11) is 0. The lowest BCUT2D eigenvalue weighted by atomic mass is 10.2. The largest absolute Gasteiger partial charge is 0.381 e. The van der Waals surface area contributed by atoms with Crippen LogP contribution in [0.5, 0.6) is 0 Å². The van der Waals surface area contributed by atoms with E-state index in [2.05, 4.69) is 15.3 Å². The van der Waals surface area contributed by atoms with Gasteiger partial charge in [-0.05, 0) is 6.07 Å². The summed E-state index contributed by atoms with van der Waals surface area (Å²) in [6, 6.07) is 1.29. The topological polar surface area (TPSA) is 85.8 Å². The molecule has 3 N–H and O–H groups in total. The molecule has 0 aliphatic rings. The van der Waals surface area contributed by atoms with Crippen LogP contribution in [0.4, 0.5) is 10.2 Å². The molecule has 0 bridgehead atoms. The summed E-state index contributed by atoms with van der Waals surface area (Å²) in [6.45, 7) is 0.935. The number of hydrogen-bond acceptors (Lipinski definition) is 4. The van der Waals surface area contributed by atoms with Crippen LogP contribution in [0.2, 0.25) is 0 Å². The van der Waals surface area contributed by atoms with Crippen molar-refractivity contribution < 1.29 is 9.18 Å². The molecule has 0 radical (unpaired) electrons. The normalized spacial score (nSPS) is 10.3. The number of nitrogens with two attached hydrogens (primary N) is 1. The Bertz CT molecular complexity index is 540. The monoisotopic (exact) mass is 249 g/mol. The minimum absolute atomic E-state index is 0.104. The van der Waals surface area contributed by atoms with Crippen molar-refractivity contribution in [2.24, 2.45) is 0 Å². The van der Waals surface area contributed by atoms with Gasteiger partial charge in [0.2, 0.25) is 0 Å². The first-order valence-corrected chi connectivity index (χ1v) is 5.32. The number of halogens is 1. The second-order valence-electron chi connectivity index (χ2n) is 3.61. The minimum Gasteiger partial charge on any atom is -0.381 e. The first kappa shape index (κ1) is 12.0. The molecule has 2 rings (SSSR count). The van der Waals surface area contributed by atoms with Crippen LogP contribution in [0.1, 0.15) is 10.4 Å². The Labute approximate surface area is 103 Å². The van der Waals surface area contributed by atoms with Crippen LogP contribution in [-0.2, 0) is 6.54 Å². The van der Waals surface area contributed by atoms with Crippen molar-refractivity contribution in [3.05, 3.63) is 42.4 Å². The molecular weight excluding hydrogens is 237 g/mol. The maximum atomic E-state index is 13.5. The van der Waals surface area contributed by atoms with E-state index in [1.807, 2.05) is 0 Å². The van der Waals surface area contributed by atoms with Gasteiger partial charge >= 0.3 is 0 Å². The van der Waals surface area contributed by atoms with Crippen LogP contribution in [0.3, 0.4) is 0 Å². The molecule has 0 aliphatic carbocycles. The Balaban J connectivity index is 1.93. The Hall–Kier alpha value is -2.44. The molecule has 0 unspecified atom stereocenters. The highest BCUT2D eigenvalue weighted by atomic mass is 19.1. The van der Waals surface area contributed by atoms with Crippen LogP contribution >= 0.6 is 0 Å². The highest BCUT2D eigenvalue weighted by Crippen LogP contribution is 2.11. The number of nitrogen functional groups attached to an aromatic ring is 1. The van der Waals surface area contributed by atoms with Gasteiger partial charge in [-0.1, -0.05) is 0 Å². The van der Waals surface area contributed by atoms with E-state index in [1.54, 1.807) is 23.3 Å². The second-order valence-corrected chi connectivity index (χ2v) is 3.61. The first-order valence-electron chi connectivity index (χ1n) is 5.32. The van der Waals surface area contributed by atoms with E-state index in [4.69, 9.17) is 5.73 Å². The fraction of sp³-hybridized carbons (Fsp3) is 0.182. The average Bonchev–Trinajstić information content (AvgIpc) is 2.85. The zero-order chi connectivity index (χ0) is 13.0. The predicted molar refractivity (Wildman–Crippen MR) is 63.2 cm³/mol. The summed E-state index contributed by atoms with van der Waals surface area (Å²) in [5, 5.41) is 2.59. The van der Waals surface area contributed by atoms with Gasteiger partial charge in [-0.25, -0.2) is 14.4 Å². The third-order valence-corrected chi connectivity index (χ3v) is 2.38. The van der Waals surface area contributed by atoms with Gasteiger partial charge in [-0.15, -0.1) is 0 Å². The molecule has 0 fully saturated rings. The predicted octanol–water partition coefficient (Wildman–Crippen LogP) is 0.429. The third-order valence-electron chi connectivity index (χ3n) is 2.38. The van der Waals surface area contributed by atoms with Crippen LogP contribution in [0.15, 0.2) is 31.0 Å². The quantitative estimate of drug-likeness (QED) is 0.822. The lowest BCUT2D eigenvalue weighted by Crippen LogP contribution is -2.28. The lowest BCUT2D eigenvalue weighted by molar-refractivity contribution is 0.0948. The summed E-state index contributed by atoms with van der Waals surface area (Å²) in [6.07, 6.45) is 6.35. The van der Waals surface area contributed by atoms with Crippen molar-refractivity contribution >= 4 is 11.7 Å². The van der Waals surface area contributed by atoms with Crippen molar-refractivity contribution in [2.45, 2.75) is 6.54 Å². The fourth-order valence-corrected chi connectivity index (χ4v) is 1.45. The Morgan fingerprint density at radius 1 is 1.50 bits per heavy atom. The maximum absolute atomic E-state index is 13.5.